The highest BCUT2D eigenvalue weighted by Gasteiger charge is 2.27. The van der Waals surface area contributed by atoms with Crippen molar-refractivity contribution in [2.75, 3.05) is 0 Å². The standard InChI is InChI=1S/C2H3BN2O2/c3-5-1(6)4-2(5)7/h3H2,(H,4,6,7). The second kappa shape index (κ2) is 0.990. The van der Waals surface area contributed by atoms with E-state index in [4.69, 9.17) is 0 Å². The van der Waals surface area contributed by atoms with E-state index in [0.717, 1.165) is 4.81 Å². The minimum absolute atomic E-state index is 0.329. The van der Waals surface area contributed by atoms with Crippen LogP contribution >= 0.6 is 0 Å². The lowest BCUT2D eigenvalue weighted by molar-refractivity contribution is 0.187. The van der Waals surface area contributed by atoms with Crippen LogP contribution in [-0.4, -0.2) is 24.9 Å². The van der Waals surface area contributed by atoms with Crippen LogP contribution < -0.4 is 5.32 Å². The topological polar surface area (TPSA) is 49.4 Å². The van der Waals surface area contributed by atoms with E-state index >= 15 is 0 Å². The van der Waals surface area contributed by atoms with Gasteiger partial charge in [-0.2, -0.15) is 0 Å². The van der Waals surface area contributed by atoms with Gasteiger partial charge in [-0.15, -0.1) is 0 Å². The van der Waals surface area contributed by atoms with Crippen molar-refractivity contribution in [2.24, 2.45) is 0 Å². The Kier molecular flexibility index (Phi) is 0.590. The maximum absolute atomic E-state index is 10.0. The van der Waals surface area contributed by atoms with E-state index < -0.39 is 0 Å². The quantitative estimate of drug-likeness (QED) is 0.382. The van der Waals surface area contributed by atoms with Gasteiger partial charge in [0.1, 0.15) is 0 Å². The van der Waals surface area contributed by atoms with Crippen molar-refractivity contribution < 1.29 is 9.59 Å². The molecule has 0 saturated carbocycles. The van der Waals surface area contributed by atoms with Crippen molar-refractivity contribution in [2.45, 2.75) is 0 Å². The van der Waals surface area contributed by atoms with Crippen LogP contribution in [0.4, 0.5) is 9.59 Å². The summed E-state index contributed by atoms with van der Waals surface area (Å²) in [6.07, 6.45) is 0. The Hall–Kier alpha value is -0.995. The van der Waals surface area contributed by atoms with E-state index in [1.165, 1.54) is 7.98 Å². The van der Waals surface area contributed by atoms with Gasteiger partial charge in [0, 0.05) is 0 Å². The van der Waals surface area contributed by atoms with Gasteiger partial charge in [-0.05, 0) is 0 Å². The Bertz CT molecular complexity index is 120. The molecule has 0 aliphatic carbocycles. The fraction of sp³-hybridized carbons (Fsp3) is 0. The molecule has 0 radical (unpaired) electrons. The van der Waals surface area contributed by atoms with Gasteiger partial charge in [-0.3, -0.25) is 5.32 Å². The zero-order valence-electron chi connectivity index (χ0n) is 3.76. The highest BCUT2D eigenvalue weighted by Crippen LogP contribution is 1.93. The van der Waals surface area contributed by atoms with Crippen LogP contribution in [-0.2, 0) is 0 Å². The molecule has 1 rings (SSSR count). The minimum Gasteiger partial charge on any atom is -0.300 e. The van der Waals surface area contributed by atoms with Gasteiger partial charge in [0.15, 0.2) is 0 Å². The molecule has 0 spiro atoms. The monoisotopic (exact) mass is 98.0 g/mol. The Morgan fingerprint density at radius 1 is 1.43 bits per heavy atom. The SMILES string of the molecule is BN1C(=O)NC1=O. The van der Waals surface area contributed by atoms with Crippen LogP contribution in [0.3, 0.4) is 0 Å². The predicted octanol–water partition coefficient (Wildman–Crippen LogP) is -1.32. The van der Waals surface area contributed by atoms with Gasteiger partial charge in [-0.1, -0.05) is 0 Å². The number of nitrogens with one attached hydrogen (secondary N) is 1. The van der Waals surface area contributed by atoms with E-state index in [0.29, 0.717) is 0 Å². The number of rotatable bonds is 0. The highest BCUT2D eigenvalue weighted by atomic mass is 16.2. The second-order valence-electron chi connectivity index (χ2n) is 1.29. The number of hydrogen-bond donors (Lipinski definition) is 1. The fourth-order valence-corrected chi connectivity index (χ4v) is 0.298. The lowest BCUT2D eigenvalue weighted by Crippen LogP contribution is -2.59. The van der Waals surface area contributed by atoms with Crippen molar-refractivity contribution in [1.29, 1.82) is 0 Å². The maximum Gasteiger partial charge on any atom is 0.320 e. The second-order valence-corrected chi connectivity index (χ2v) is 1.29. The molecule has 0 atom stereocenters. The van der Waals surface area contributed by atoms with E-state index in [2.05, 4.69) is 0 Å². The van der Waals surface area contributed by atoms with Crippen LogP contribution in [0.5, 0.6) is 0 Å². The number of carbonyl (C=O) groups excluding carboxylic acids is 2. The first kappa shape index (κ1) is 4.17. The van der Waals surface area contributed by atoms with Crippen molar-refractivity contribution in [3.05, 3.63) is 0 Å². The van der Waals surface area contributed by atoms with E-state index in [9.17, 15) is 9.59 Å². The molecule has 1 aliphatic rings. The summed E-state index contributed by atoms with van der Waals surface area (Å²) in [4.78, 5) is 21.1. The van der Waals surface area contributed by atoms with Crippen LogP contribution in [0.2, 0.25) is 0 Å². The average molecular weight is 97.9 g/mol. The Morgan fingerprint density at radius 2 is 1.86 bits per heavy atom. The van der Waals surface area contributed by atoms with Crippen LogP contribution in [0.15, 0.2) is 0 Å². The molecule has 5 heteroatoms. The summed E-state index contributed by atoms with van der Waals surface area (Å²) < 4.78 is 0. The molecule has 0 aromatic carbocycles. The zero-order chi connectivity index (χ0) is 5.44. The molecule has 1 fully saturated rings. The predicted molar refractivity (Wildman–Crippen MR) is 24.3 cm³/mol. The van der Waals surface area contributed by atoms with E-state index in [-0.39, 0.29) is 12.1 Å². The summed E-state index contributed by atoms with van der Waals surface area (Å²) in [6, 6.07) is -0.657. The van der Waals surface area contributed by atoms with Gasteiger partial charge in [0.25, 0.3) is 0 Å². The van der Waals surface area contributed by atoms with Gasteiger partial charge in [0.2, 0.25) is 7.98 Å². The normalized spacial score (nSPS) is 18.6. The molecule has 36 valence electrons. The van der Waals surface area contributed by atoms with E-state index in [1.54, 1.807) is 0 Å². The molecule has 1 aliphatic heterocycles. The largest absolute Gasteiger partial charge is 0.320 e. The summed E-state index contributed by atoms with van der Waals surface area (Å²) >= 11 is 0. The maximum atomic E-state index is 10.0. The van der Waals surface area contributed by atoms with Crippen molar-refractivity contribution in [1.82, 2.24) is 10.1 Å². The van der Waals surface area contributed by atoms with E-state index in [1.807, 2.05) is 5.32 Å². The Morgan fingerprint density at radius 3 is 1.86 bits per heavy atom. The molecular formula is C2H3BN2O2. The van der Waals surface area contributed by atoms with Gasteiger partial charge < -0.3 is 4.81 Å². The number of amides is 4. The summed E-state index contributed by atoms with van der Waals surface area (Å²) in [5.74, 6) is 0. The summed E-state index contributed by atoms with van der Waals surface area (Å²) in [7, 11) is 1.42. The molecule has 0 bridgehead atoms. The highest BCUT2D eigenvalue weighted by molar-refractivity contribution is 6.32. The third-order valence-corrected chi connectivity index (χ3v) is 0.823. The lowest BCUT2D eigenvalue weighted by atomic mass is 10.3. The first-order valence-electron chi connectivity index (χ1n) is 1.80. The Labute approximate surface area is 40.9 Å². The number of nitrogens with zero attached hydrogens (tertiary/aromatic N) is 1. The third-order valence-electron chi connectivity index (χ3n) is 0.823. The van der Waals surface area contributed by atoms with Crippen molar-refractivity contribution >= 4 is 20.0 Å². The first-order valence-corrected chi connectivity index (χ1v) is 1.80. The smallest absolute Gasteiger partial charge is 0.300 e. The summed E-state index contributed by atoms with van der Waals surface area (Å²) in [5, 5.41) is 2.00. The molecule has 1 saturated heterocycles. The number of carbonyl (C=O) groups is 2. The van der Waals surface area contributed by atoms with Gasteiger partial charge in [0.05, 0.1) is 0 Å². The van der Waals surface area contributed by atoms with Crippen LogP contribution in [0, 0.1) is 0 Å². The first-order chi connectivity index (χ1) is 3.22. The van der Waals surface area contributed by atoms with Gasteiger partial charge in [-0.25, -0.2) is 9.59 Å². The van der Waals surface area contributed by atoms with Crippen LogP contribution in [0.25, 0.3) is 0 Å². The third kappa shape index (κ3) is 0.373. The van der Waals surface area contributed by atoms with Crippen molar-refractivity contribution in [3.63, 3.8) is 0 Å². The molecule has 1 N–H and O–H groups in total. The summed E-state index contributed by atoms with van der Waals surface area (Å²) in [5.41, 5.74) is 0. The average Bonchev–Trinajstić information content (AvgIpc) is 1.68. The fourth-order valence-electron chi connectivity index (χ4n) is 0.298. The molecule has 4 nitrogen and oxygen atoms in total. The molecule has 4 amide bonds. The number of imide groups is 2. The number of hydrogen-bond acceptors (Lipinski definition) is 2. The number of urea groups is 2. The molecule has 0 aromatic heterocycles. The van der Waals surface area contributed by atoms with Gasteiger partial charge >= 0.3 is 12.1 Å². The lowest BCUT2D eigenvalue weighted by Gasteiger charge is -2.24. The van der Waals surface area contributed by atoms with Crippen molar-refractivity contribution in [3.8, 4) is 0 Å². The van der Waals surface area contributed by atoms with Crippen LogP contribution in [0.1, 0.15) is 0 Å². The molecule has 7 heavy (non-hydrogen) atoms. The zero-order valence-corrected chi connectivity index (χ0v) is 3.76. The molecule has 1 heterocycles. The minimum atomic E-state index is -0.329. The molecule has 0 aromatic rings. The molecule has 0 unspecified atom stereocenters. The molecular weight excluding hydrogens is 94.8 g/mol. The Balaban J connectivity index is 2.59. The summed E-state index contributed by atoms with van der Waals surface area (Å²) in [6.45, 7) is 0.